The number of piperidine rings is 1. The fourth-order valence-corrected chi connectivity index (χ4v) is 3.06. The van der Waals surface area contributed by atoms with Crippen molar-refractivity contribution in [3.8, 4) is 0 Å². The maximum absolute atomic E-state index is 12.4. The summed E-state index contributed by atoms with van der Waals surface area (Å²) in [5.41, 5.74) is 7.10. The summed E-state index contributed by atoms with van der Waals surface area (Å²) in [7, 11) is 0. The van der Waals surface area contributed by atoms with Crippen molar-refractivity contribution < 1.29 is 14.0 Å². The van der Waals surface area contributed by atoms with E-state index < -0.39 is 0 Å². The molecule has 6 nitrogen and oxygen atoms in total. The first-order valence-corrected chi connectivity index (χ1v) is 8.55. The molecule has 1 aliphatic heterocycles. The second-order valence-corrected chi connectivity index (χ2v) is 6.28. The normalized spacial score (nSPS) is 15.2. The second kappa shape index (κ2) is 7.98. The molecular weight excluding hydrogens is 318 g/mol. The first kappa shape index (κ1) is 17.2. The highest BCUT2D eigenvalue weighted by Crippen LogP contribution is 2.20. The second-order valence-electron chi connectivity index (χ2n) is 6.28. The standard InChI is InChI=1S/C19H23N3O3/c20-11-17-10-16(13-25-17)19(24)22-8-6-15(7-9-22)18(23)21-12-14-4-2-1-3-5-14/h1-5,10,13,15H,6-9,11-12,20H2,(H,21,23). The van der Waals surface area contributed by atoms with Gasteiger partial charge in [0.25, 0.3) is 5.91 Å². The molecule has 2 aromatic rings. The van der Waals surface area contributed by atoms with Gasteiger partial charge in [0, 0.05) is 25.6 Å². The molecule has 0 radical (unpaired) electrons. The Bertz CT molecular complexity index is 719. The molecule has 0 bridgehead atoms. The van der Waals surface area contributed by atoms with Gasteiger partial charge in [-0.2, -0.15) is 0 Å². The third-order valence-corrected chi connectivity index (χ3v) is 4.56. The van der Waals surface area contributed by atoms with E-state index in [-0.39, 0.29) is 24.3 Å². The number of nitrogens with zero attached hydrogens (tertiary/aromatic N) is 1. The highest BCUT2D eigenvalue weighted by molar-refractivity contribution is 5.94. The largest absolute Gasteiger partial charge is 0.467 e. The van der Waals surface area contributed by atoms with E-state index in [1.807, 2.05) is 30.3 Å². The predicted molar refractivity (Wildman–Crippen MR) is 93.5 cm³/mol. The van der Waals surface area contributed by atoms with Crippen LogP contribution in [0, 0.1) is 5.92 Å². The van der Waals surface area contributed by atoms with Gasteiger partial charge in [0.1, 0.15) is 12.0 Å². The molecule has 132 valence electrons. The lowest BCUT2D eigenvalue weighted by Gasteiger charge is -2.31. The summed E-state index contributed by atoms with van der Waals surface area (Å²) < 4.78 is 5.22. The molecule has 1 fully saturated rings. The fraction of sp³-hybridized carbons (Fsp3) is 0.368. The van der Waals surface area contributed by atoms with E-state index in [0.717, 1.165) is 5.56 Å². The van der Waals surface area contributed by atoms with Crippen molar-refractivity contribution in [2.24, 2.45) is 11.7 Å². The number of hydrogen-bond acceptors (Lipinski definition) is 4. The number of carbonyl (C=O) groups excluding carboxylic acids is 2. The van der Waals surface area contributed by atoms with Crippen LogP contribution in [0.1, 0.15) is 34.5 Å². The summed E-state index contributed by atoms with van der Waals surface area (Å²) in [4.78, 5) is 26.5. The smallest absolute Gasteiger partial charge is 0.257 e. The number of benzene rings is 1. The number of rotatable bonds is 5. The van der Waals surface area contributed by atoms with Crippen molar-refractivity contribution in [1.82, 2.24) is 10.2 Å². The van der Waals surface area contributed by atoms with Gasteiger partial charge in [-0.05, 0) is 24.5 Å². The van der Waals surface area contributed by atoms with Crippen molar-refractivity contribution in [2.75, 3.05) is 13.1 Å². The Morgan fingerprint density at radius 3 is 2.56 bits per heavy atom. The molecule has 2 amide bonds. The summed E-state index contributed by atoms with van der Waals surface area (Å²) in [6.07, 6.45) is 2.80. The number of carbonyl (C=O) groups is 2. The van der Waals surface area contributed by atoms with Gasteiger partial charge < -0.3 is 20.4 Å². The summed E-state index contributed by atoms with van der Waals surface area (Å²) in [6.45, 7) is 1.96. The van der Waals surface area contributed by atoms with Gasteiger partial charge >= 0.3 is 0 Å². The zero-order chi connectivity index (χ0) is 17.6. The van der Waals surface area contributed by atoms with Crippen LogP contribution in [0.4, 0.5) is 0 Å². The number of hydrogen-bond donors (Lipinski definition) is 2. The van der Waals surface area contributed by atoms with Crippen LogP contribution in [0.3, 0.4) is 0 Å². The number of amides is 2. The van der Waals surface area contributed by atoms with E-state index in [1.165, 1.54) is 6.26 Å². The molecule has 3 rings (SSSR count). The lowest BCUT2D eigenvalue weighted by atomic mass is 9.95. The zero-order valence-electron chi connectivity index (χ0n) is 14.1. The van der Waals surface area contributed by atoms with Crippen LogP contribution >= 0.6 is 0 Å². The highest BCUT2D eigenvalue weighted by atomic mass is 16.3. The Balaban J connectivity index is 1.47. The molecular formula is C19H23N3O3. The molecule has 1 aromatic heterocycles. The molecule has 25 heavy (non-hydrogen) atoms. The van der Waals surface area contributed by atoms with Gasteiger partial charge in [-0.3, -0.25) is 9.59 Å². The average molecular weight is 341 g/mol. The molecule has 1 saturated heterocycles. The minimum absolute atomic E-state index is 0.0447. The lowest BCUT2D eigenvalue weighted by molar-refractivity contribution is -0.126. The third-order valence-electron chi connectivity index (χ3n) is 4.56. The minimum atomic E-state index is -0.0633. The summed E-state index contributed by atoms with van der Waals surface area (Å²) in [5, 5.41) is 2.98. The quantitative estimate of drug-likeness (QED) is 0.869. The molecule has 0 atom stereocenters. The fourth-order valence-electron chi connectivity index (χ4n) is 3.06. The van der Waals surface area contributed by atoms with Gasteiger partial charge in [0.05, 0.1) is 12.1 Å². The first-order valence-electron chi connectivity index (χ1n) is 8.55. The number of likely N-dealkylation sites (tertiary alicyclic amines) is 1. The van der Waals surface area contributed by atoms with E-state index in [2.05, 4.69) is 5.32 Å². The Morgan fingerprint density at radius 2 is 1.92 bits per heavy atom. The van der Waals surface area contributed by atoms with Crippen LogP contribution < -0.4 is 11.1 Å². The Kier molecular flexibility index (Phi) is 5.50. The van der Waals surface area contributed by atoms with Crippen LogP contribution in [0.25, 0.3) is 0 Å². The maximum atomic E-state index is 12.4. The Morgan fingerprint density at radius 1 is 1.20 bits per heavy atom. The molecule has 6 heteroatoms. The molecule has 0 aliphatic carbocycles. The minimum Gasteiger partial charge on any atom is -0.467 e. The third kappa shape index (κ3) is 4.28. The predicted octanol–water partition coefficient (Wildman–Crippen LogP) is 1.91. The average Bonchev–Trinajstić information content (AvgIpc) is 3.16. The van der Waals surface area contributed by atoms with Crippen molar-refractivity contribution in [3.05, 3.63) is 59.5 Å². The lowest BCUT2D eigenvalue weighted by Crippen LogP contribution is -2.42. The SMILES string of the molecule is NCc1cc(C(=O)N2CCC(C(=O)NCc3ccccc3)CC2)co1. The first-order chi connectivity index (χ1) is 12.2. The zero-order valence-corrected chi connectivity index (χ0v) is 14.1. The number of nitrogens with one attached hydrogen (secondary N) is 1. The van der Waals surface area contributed by atoms with Gasteiger partial charge in [0.15, 0.2) is 0 Å². The van der Waals surface area contributed by atoms with Gasteiger partial charge in [-0.25, -0.2) is 0 Å². The van der Waals surface area contributed by atoms with E-state index >= 15 is 0 Å². The van der Waals surface area contributed by atoms with Gasteiger partial charge in [-0.15, -0.1) is 0 Å². The monoisotopic (exact) mass is 341 g/mol. The molecule has 2 heterocycles. The number of furan rings is 1. The molecule has 0 spiro atoms. The Labute approximate surface area is 147 Å². The summed E-state index contributed by atoms with van der Waals surface area (Å²) >= 11 is 0. The van der Waals surface area contributed by atoms with Crippen molar-refractivity contribution in [1.29, 1.82) is 0 Å². The van der Waals surface area contributed by atoms with Crippen molar-refractivity contribution in [2.45, 2.75) is 25.9 Å². The van der Waals surface area contributed by atoms with Crippen LogP contribution in [-0.4, -0.2) is 29.8 Å². The van der Waals surface area contributed by atoms with Crippen LogP contribution in [-0.2, 0) is 17.9 Å². The topological polar surface area (TPSA) is 88.6 Å². The summed E-state index contributed by atoms with van der Waals surface area (Å²) in [5.74, 6) is 0.548. The molecule has 0 unspecified atom stereocenters. The van der Waals surface area contributed by atoms with E-state index in [1.54, 1.807) is 11.0 Å². The van der Waals surface area contributed by atoms with Crippen LogP contribution in [0.2, 0.25) is 0 Å². The molecule has 3 N–H and O–H groups in total. The van der Waals surface area contributed by atoms with Crippen LogP contribution in [0.15, 0.2) is 47.1 Å². The highest BCUT2D eigenvalue weighted by Gasteiger charge is 2.28. The molecule has 1 aromatic carbocycles. The van der Waals surface area contributed by atoms with Gasteiger partial charge in [0.2, 0.25) is 5.91 Å². The Hall–Kier alpha value is -2.60. The molecule has 1 aliphatic rings. The van der Waals surface area contributed by atoms with E-state index in [9.17, 15) is 9.59 Å². The van der Waals surface area contributed by atoms with E-state index in [4.69, 9.17) is 10.2 Å². The molecule has 0 saturated carbocycles. The van der Waals surface area contributed by atoms with Crippen molar-refractivity contribution in [3.63, 3.8) is 0 Å². The van der Waals surface area contributed by atoms with Crippen molar-refractivity contribution >= 4 is 11.8 Å². The number of nitrogens with two attached hydrogens (primary N) is 1. The van der Waals surface area contributed by atoms with Gasteiger partial charge in [-0.1, -0.05) is 30.3 Å². The van der Waals surface area contributed by atoms with E-state index in [0.29, 0.717) is 43.8 Å². The van der Waals surface area contributed by atoms with Crippen LogP contribution in [0.5, 0.6) is 0 Å². The maximum Gasteiger partial charge on any atom is 0.257 e. The summed E-state index contributed by atoms with van der Waals surface area (Å²) in [6, 6.07) is 11.5.